The third-order valence-corrected chi connectivity index (χ3v) is 4.15. The van der Waals surface area contributed by atoms with E-state index < -0.39 is 29.4 Å². The largest absolute Gasteiger partial charge is 0.354 e. The van der Waals surface area contributed by atoms with Crippen LogP contribution >= 0.6 is 11.6 Å². The lowest BCUT2D eigenvalue weighted by Crippen LogP contribution is -2.52. The molecule has 0 aromatic heterocycles. The van der Waals surface area contributed by atoms with E-state index in [1.54, 1.807) is 0 Å². The van der Waals surface area contributed by atoms with E-state index in [1.165, 1.54) is 18.2 Å². The molecule has 0 radical (unpaired) electrons. The van der Waals surface area contributed by atoms with Gasteiger partial charge in [0, 0.05) is 12.2 Å². The van der Waals surface area contributed by atoms with Gasteiger partial charge in [0.2, 0.25) is 5.91 Å². The predicted octanol–water partition coefficient (Wildman–Crippen LogP) is 1.03. The molecule has 2 heterocycles. The highest BCUT2D eigenvalue weighted by Crippen LogP contribution is 2.29. The lowest BCUT2D eigenvalue weighted by Gasteiger charge is -2.28. The molecule has 1 fully saturated rings. The smallest absolute Gasteiger partial charge is 0.274 e. The number of hydrogen-bond acceptors (Lipinski definition) is 4. The van der Waals surface area contributed by atoms with Gasteiger partial charge in [-0.25, -0.2) is 4.39 Å². The molecule has 1 aromatic carbocycles. The minimum atomic E-state index is -2.22. The monoisotopic (exact) mass is 353 g/mol. The molecule has 0 bridgehead atoms. The molecule has 0 spiro atoms. The zero-order valence-electron chi connectivity index (χ0n) is 12.3. The van der Waals surface area contributed by atoms with Gasteiger partial charge in [0.1, 0.15) is 6.04 Å². The van der Waals surface area contributed by atoms with Gasteiger partial charge in [0.15, 0.2) is 0 Å². The van der Waals surface area contributed by atoms with Crippen LogP contribution in [0.1, 0.15) is 33.6 Å². The number of nitrogens with one attached hydrogen (secondary N) is 2. The van der Waals surface area contributed by atoms with Crippen LogP contribution in [-0.4, -0.2) is 46.7 Å². The fraction of sp³-hybridized carbons (Fsp3) is 0.333. The minimum Gasteiger partial charge on any atom is -0.354 e. The van der Waals surface area contributed by atoms with Crippen molar-refractivity contribution in [2.45, 2.75) is 24.5 Å². The van der Waals surface area contributed by atoms with Crippen LogP contribution in [0, 0.1) is 0 Å². The number of hydrogen-bond donors (Lipinski definition) is 2. The first-order valence-corrected chi connectivity index (χ1v) is 7.72. The first-order chi connectivity index (χ1) is 11.4. The molecule has 1 aromatic rings. The highest BCUT2D eigenvalue weighted by molar-refractivity contribution is 6.31. The molecule has 126 valence electrons. The van der Waals surface area contributed by atoms with Crippen molar-refractivity contribution in [3.8, 4) is 0 Å². The SMILES string of the molecule is O=C(Nc1ccc2c(c1)C(=O)N(C1CCCNC1=O)C2=O)C(F)Cl. The van der Waals surface area contributed by atoms with E-state index in [9.17, 15) is 23.6 Å². The van der Waals surface area contributed by atoms with Gasteiger partial charge >= 0.3 is 0 Å². The van der Waals surface area contributed by atoms with Crippen LogP contribution in [0.5, 0.6) is 0 Å². The quantitative estimate of drug-likeness (QED) is 0.627. The molecule has 0 saturated carbocycles. The highest BCUT2D eigenvalue weighted by atomic mass is 35.5. The van der Waals surface area contributed by atoms with Gasteiger partial charge in [-0.2, -0.15) is 0 Å². The maximum atomic E-state index is 12.7. The average Bonchev–Trinajstić information content (AvgIpc) is 2.79. The summed E-state index contributed by atoms with van der Waals surface area (Å²) >= 11 is 5.04. The molecule has 1 saturated heterocycles. The summed E-state index contributed by atoms with van der Waals surface area (Å²) in [6, 6.07) is 3.15. The van der Waals surface area contributed by atoms with Crippen molar-refractivity contribution in [2.75, 3.05) is 11.9 Å². The molecule has 2 aliphatic heterocycles. The molecular weight excluding hydrogens is 341 g/mol. The van der Waals surface area contributed by atoms with Crippen LogP contribution in [0.25, 0.3) is 0 Å². The van der Waals surface area contributed by atoms with E-state index in [0.717, 1.165) is 4.90 Å². The summed E-state index contributed by atoms with van der Waals surface area (Å²) < 4.78 is 12.7. The molecule has 0 aliphatic carbocycles. The fourth-order valence-corrected chi connectivity index (χ4v) is 2.87. The molecule has 4 amide bonds. The van der Waals surface area contributed by atoms with Crippen LogP contribution in [-0.2, 0) is 9.59 Å². The molecule has 2 atom stereocenters. The minimum absolute atomic E-state index is 0.0566. The van der Waals surface area contributed by atoms with Crippen molar-refractivity contribution in [1.82, 2.24) is 10.2 Å². The molecule has 9 heteroatoms. The number of amides is 4. The number of imide groups is 1. The predicted molar refractivity (Wildman–Crippen MR) is 82.4 cm³/mol. The second-order valence-corrected chi connectivity index (χ2v) is 5.86. The lowest BCUT2D eigenvalue weighted by molar-refractivity contribution is -0.126. The summed E-state index contributed by atoms with van der Waals surface area (Å²) in [5.41, 5.74) is -1.89. The molecule has 7 nitrogen and oxygen atoms in total. The first kappa shape index (κ1) is 16.4. The zero-order chi connectivity index (χ0) is 17.4. The molecule has 3 rings (SSSR count). The average molecular weight is 354 g/mol. The summed E-state index contributed by atoms with van der Waals surface area (Å²) in [5, 5.41) is 4.83. The number of piperidine rings is 1. The normalized spacial score (nSPS) is 21.3. The van der Waals surface area contributed by atoms with Gasteiger partial charge in [-0.3, -0.25) is 24.1 Å². The van der Waals surface area contributed by atoms with Crippen LogP contribution in [0.3, 0.4) is 0 Å². The molecule has 24 heavy (non-hydrogen) atoms. The van der Waals surface area contributed by atoms with Gasteiger partial charge < -0.3 is 10.6 Å². The highest BCUT2D eigenvalue weighted by Gasteiger charge is 2.43. The molecule has 2 N–H and O–H groups in total. The second kappa shape index (κ2) is 6.20. The Labute approximate surface area is 141 Å². The van der Waals surface area contributed by atoms with Gasteiger partial charge in [-0.05, 0) is 31.0 Å². The van der Waals surface area contributed by atoms with E-state index in [4.69, 9.17) is 11.6 Å². The maximum absolute atomic E-state index is 12.7. The number of benzene rings is 1. The first-order valence-electron chi connectivity index (χ1n) is 7.29. The number of carbonyl (C=O) groups excluding carboxylic acids is 4. The Morgan fingerprint density at radius 1 is 1.29 bits per heavy atom. The zero-order valence-corrected chi connectivity index (χ0v) is 13.1. The summed E-state index contributed by atoms with van der Waals surface area (Å²) in [7, 11) is 0. The summed E-state index contributed by atoms with van der Waals surface area (Å²) in [6.07, 6.45) is 1.06. The lowest BCUT2D eigenvalue weighted by atomic mass is 10.1. The van der Waals surface area contributed by atoms with Crippen molar-refractivity contribution in [3.63, 3.8) is 0 Å². The Morgan fingerprint density at radius 2 is 2.00 bits per heavy atom. The van der Waals surface area contributed by atoms with Gasteiger partial charge in [0.05, 0.1) is 11.1 Å². The van der Waals surface area contributed by atoms with Gasteiger partial charge in [0.25, 0.3) is 23.4 Å². The Bertz CT molecular complexity index is 752. The van der Waals surface area contributed by atoms with Crippen molar-refractivity contribution in [1.29, 1.82) is 0 Å². The van der Waals surface area contributed by atoms with Crippen molar-refractivity contribution in [3.05, 3.63) is 29.3 Å². The number of nitrogens with zero attached hydrogens (tertiary/aromatic N) is 1. The summed E-state index contributed by atoms with van der Waals surface area (Å²) in [4.78, 5) is 49.1. The topological polar surface area (TPSA) is 95.6 Å². The van der Waals surface area contributed by atoms with Crippen molar-refractivity contribution in [2.24, 2.45) is 0 Å². The maximum Gasteiger partial charge on any atom is 0.274 e. The number of anilines is 1. The van der Waals surface area contributed by atoms with E-state index in [1.807, 2.05) is 0 Å². The van der Waals surface area contributed by atoms with E-state index in [0.29, 0.717) is 19.4 Å². The molecule has 2 unspecified atom stereocenters. The van der Waals surface area contributed by atoms with Crippen LogP contribution in [0.15, 0.2) is 18.2 Å². The Balaban J connectivity index is 1.88. The second-order valence-electron chi connectivity index (χ2n) is 5.48. The van der Waals surface area contributed by atoms with E-state index >= 15 is 0 Å². The fourth-order valence-electron chi connectivity index (χ4n) is 2.82. The number of fused-ring (bicyclic) bond motifs is 1. The van der Waals surface area contributed by atoms with Crippen molar-refractivity contribution < 1.29 is 23.6 Å². The molecular formula is C15H13ClFN3O4. The van der Waals surface area contributed by atoms with E-state index in [2.05, 4.69) is 10.6 Å². The van der Waals surface area contributed by atoms with Crippen LogP contribution < -0.4 is 10.6 Å². The Hall–Kier alpha value is -2.48. The van der Waals surface area contributed by atoms with Crippen LogP contribution in [0.4, 0.5) is 10.1 Å². The van der Waals surface area contributed by atoms with E-state index in [-0.39, 0.29) is 22.7 Å². The standard InChI is InChI=1S/C15H13ClFN3O4/c16-11(17)13(22)19-7-3-4-8-9(6-7)15(24)20(14(8)23)10-2-1-5-18-12(10)21/h3-4,6,10-11H,1-2,5H2,(H,18,21)(H,19,22). The Morgan fingerprint density at radius 3 is 2.67 bits per heavy atom. The number of alkyl halides is 2. The number of halogens is 2. The number of rotatable bonds is 3. The molecule has 2 aliphatic rings. The summed E-state index contributed by atoms with van der Waals surface area (Å²) in [5.74, 6) is -2.62. The van der Waals surface area contributed by atoms with Gasteiger partial charge in [-0.15, -0.1) is 0 Å². The third kappa shape index (κ3) is 2.73. The third-order valence-electron chi connectivity index (χ3n) is 3.95. The van der Waals surface area contributed by atoms with Crippen LogP contribution in [0.2, 0.25) is 0 Å². The van der Waals surface area contributed by atoms with Crippen molar-refractivity contribution >= 4 is 40.9 Å². The summed E-state index contributed by atoms with van der Waals surface area (Å²) in [6.45, 7) is 0.511. The van der Waals surface area contributed by atoms with Gasteiger partial charge in [-0.1, -0.05) is 11.6 Å². The number of carbonyl (C=O) groups is 4. The Kier molecular flexibility index (Phi) is 4.23.